The molecule has 3 rings (SSSR count). The summed E-state index contributed by atoms with van der Waals surface area (Å²) in [5.41, 5.74) is 0.547. The van der Waals surface area contributed by atoms with Gasteiger partial charge in [0.1, 0.15) is 0 Å². The van der Waals surface area contributed by atoms with Gasteiger partial charge in [0.05, 0.1) is 5.92 Å². The van der Waals surface area contributed by atoms with Crippen LogP contribution in [0.4, 0.5) is 0 Å². The molecule has 1 spiro atoms. The molecule has 0 aromatic carbocycles. The number of hydrogen-bond acceptors (Lipinski definition) is 2. The summed E-state index contributed by atoms with van der Waals surface area (Å²) >= 11 is 0. The summed E-state index contributed by atoms with van der Waals surface area (Å²) in [5.74, 6) is 0.547. The maximum atomic E-state index is 12.9. The van der Waals surface area contributed by atoms with Gasteiger partial charge in [0.25, 0.3) is 0 Å². The number of piperidine rings is 2. The van der Waals surface area contributed by atoms with E-state index in [4.69, 9.17) is 0 Å². The predicted molar refractivity (Wildman–Crippen MR) is 90.9 cm³/mol. The van der Waals surface area contributed by atoms with Gasteiger partial charge in [-0.15, -0.1) is 0 Å². The Hall–Kier alpha value is -1.06. The van der Waals surface area contributed by atoms with E-state index in [1.807, 2.05) is 11.8 Å². The van der Waals surface area contributed by atoms with E-state index in [-0.39, 0.29) is 11.8 Å². The second-order valence-corrected chi connectivity index (χ2v) is 7.92. The van der Waals surface area contributed by atoms with Crippen LogP contribution in [0.15, 0.2) is 0 Å². The monoisotopic (exact) mass is 320 g/mol. The molecular weight excluding hydrogens is 288 g/mol. The van der Waals surface area contributed by atoms with E-state index >= 15 is 0 Å². The lowest BCUT2D eigenvalue weighted by molar-refractivity contribution is -0.142. The quantitative estimate of drug-likeness (QED) is 0.784. The van der Waals surface area contributed by atoms with Gasteiger partial charge in [0.2, 0.25) is 11.8 Å². The SMILES string of the molecule is CCC(=O)N1CCC[C@H](C(=O)N2CCC3(CCCCC3)CC2)C1. The Kier molecular flexibility index (Phi) is 5.27. The van der Waals surface area contributed by atoms with E-state index in [9.17, 15) is 9.59 Å². The van der Waals surface area contributed by atoms with Crippen LogP contribution in [0.3, 0.4) is 0 Å². The van der Waals surface area contributed by atoms with Crippen molar-refractivity contribution in [2.45, 2.75) is 71.1 Å². The van der Waals surface area contributed by atoms with Crippen LogP contribution in [0, 0.1) is 11.3 Å². The predicted octanol–water partition coefficient (Wildman–Crippen LogP) is 3.21. The first-order valence-electron chi connectivity index (χ1n) is 9.70. The summed E-state index contributed by atoms with van der Waals surface area (Å²) in [5, 5.41) is 0. The molecule has 0 aromatic heterocycles. The van der Waals surface area contributed by atoms with Crippen LogP contribution in [0.2, 0.25) is 0 Å². The number of rotatable bonds is 2. The number of nitrogens with zero attached hydrogens (tertiary/aromatic N) is 2. The fourth-order valence-corrected chi connectivity index (χ4v) is 4.89. The van der Waals surface area contributed by atoms with Crippen molar-refractivity contribution in [1.82, 2.24) is 9.80 Å². The number of amides is 2. The lowest BCUT2D eigenvalue weighted by atomic mass is 9.68. The molecule has 3 fully saturated rings. The van der Waals surface area contributed by atoms with Crippen molar-refractivity contribution in [3.8, 4) is 0 Å². The van der Waals surface area contributed by atoms with Crippen LogP contribution in [-0.4, -0.2) is 47.8 Å². The second kappa shape index (κ2) is 7.23. The highest BCUT2D eigenvalue weighted by atomic mass is 16.2. The molecule has 4 heteroatoms. The second-order valence-electron chi connectivity index (χ2n) is 7.92. The van der Waals surface area contributed by atoms with Gasteiger partial charge in [-0.1, -0.05) is 26.2 Å². The largest absolute Gasteiger partial charge is 0.342 e. The average Bonchev–Trinajstić information content (AvgIpc) is 2.62. The van der Waals surface area contributed by atoms with E-state index in [2.05, 4.69) is 4.90 Å². The molecule has 0 N–H and O–H groups in total. The van der Waals surface area contributed by atoms with Crippen molar-refractivity contribution in [2.75, 3.05) is 26.2 Å². The molecule has 1 saturated carbocycles. The fourth-order valence-electron chi connectivity index (χ4n) is 4.89. The van der Waals surface area contributed by atoms with Crippen LogP contribution < -0.4 is 0 Å². The lowest BCUT2D eigenvalue weighted by Gasteiger charge is -2.45. The van der Waals surface area contributed by atoms with Crippen molar-refractivity contribution in [3.05, 3.63) is 0 Å². The van der Waals surface area contributed by atoms with Crippen molar-refractivity contribution in [1.29, 1.82) is 0 Å². The summed E-state index contributed by atoms with van der Waals surface area (Å²) in [6.07, 6.45) is 11.8. The van der Waals surface area contributed by atoms with Crippen molar-refractivity contribution in [2.24, 2.45) is 11.3 Å². The van der Waals surface area contributed by atoms with Crippen LogP contribution in [-0.2, 0) is 9.59 Å². The van der Waals surface area contributed by atoms with Gasteiger partial charge in [-0.05, 0) is 43.9 Å². The highest BCUT2D eigenvalue weighted by Crippen LogP contribution is 2.44. The maximum Gasteiger partial charge on any atom is 0.227 e. The molecule has 2 saturated heterocycles. The Morgan fingerprint density at radius 1 is 0.913 bits per heavy atom. The minimum atomic E-state index is 0.0413. The Morgan fingerprint density at radius 2 is 1.61 bits per heavy atom. The van der Waals surface area contributed by atoms with E-state index in [1.54, 1.807) is 0 Å². The molecule has 1 atom stereocenters. The molecule has 130 valence electrons. The third-order valence-electron chi connectivity index (χ3n) is 6.48. The van der Waals surface area contributed by atoms with Crippen molar-refractivity contribution < 1.29 is 9.59 Å². The van der Waals surface area contributed by atoms with Gasteiger partial charge in [-0.3, -0.25) is 9.59 Å². The zero-order valence-electron chi connectivity index (χ0n) is 14.7. The molecule has 2 heterocycles. The molecule has 0 radical (unpaired) electrons. The normalized spacial score (nSPS) is 28.0. The average molecular weight is 320 g/mol. The summed E-state index contributed by atoms with van der Waals surface area (Å²) in [6, 6.07) is 0. The van der Waals surface area contributed by atoms with Gasteiger partial charge in [0, 0.05) is 32.6 Å². The third-order valence-corrected chi connectivity index (χ3v) is 6.48. The number of carbonyl (C=O) groups is 2. The van der Waals surface area contributed by atoms with Gasteiger partial charge in [0.15, 0.2) is 0 Å². The molecule has 2 aliphatic heterocycles. The third kappa shape index (κ3) is 3.72. The molecule has 1 aliphatic carbocycles. The summed E-state index contributed by atoms with van der Waals surface area (Å²) in [7, 11) is 0. The van der Waals surface area contributed by atoms with E-state index in [0.717, 1.165) is 32.5 Å². The van der Waals surface area contributed by atoms with Crippen LogP contribution >= 0.6 is 0 Å². The summed E-state index contributed by atoms with van der Waals surface area (Å²) < 4.78 is 0. The Morgan fingerprint density at radius 3 is 2.26 bits per heavy atom. The first-order valence-corrected chi connectivity index (χ1v) is 9.70. The van der Waals surface area contributed by atoms with Crippen LogP contribution in [0.1, 0.15) is 71.1 Å². The molecule has 23 heavy (non-hydrogen) atoms. The summed E-state index contributed by atoms with van der Waals surface area (Å²) in [6.45, 7) is 5.27. The molecule has 0 unspecified atom stereocenters. The van der Waals surface area contributed by atoms with Crippen molar-refractivity contribution >= 4 is 11.8 Å². The smallest absolute Gasteiger partial charge is 0.227 e. The number of carbonyl (C=O) groups excluding carboxylic acids is 2. The van der Waals surface area contributed by atoms with Gasteiger partial charge < -0.3 is 9.80 Å². The Bertz CT molecular complexity index is 433. The molecule has 2 amide bonds. The number of likely N-dealkylation sites (tertiary alicyclic amines) is 2. The maximum absolute atomic E-state index is 12.9. The van der Waals surface area contributed by atoms with Gasteiger partial charge in [-0.25, -0.2) is 0 Å². The van der Waals surface area contributed by atoms with Gasteiger partial charge in [-0.2, -0.15) is 0 Å². The molecule has 0 aromatic rings. The molecule has 3 aliphatic rings. The minimum Gasteiger partial charge on any atom is -0.342 e. The Labute approximate surface area is 140 Å². The Balaban J connectivity index is 1.53. The van der Waals surface area contributed by atoms with E-state index < -0.39 is 0 Å². The fraction of sp³-hybridized carbons (Fsp3) is 0.895. The van der Waals surface area contributed by atoms with E-state index in [0.29, 0.717) is 24.3 Å². The number of hydrogen-bond donors (Lipinski definition) is 0. The minimum absolute atomic E-state index is 0.0413. The first-order chi connectivity index (χ1) is 11.1. The zero-order chi connectivity index (χ0) is 16.3. The van der Waals surface area contributed by atoms with Gasteiger partial charge >= 0.3 is 0 Å². The van der Waals surface area contributed by atoms with Crippen molar-refractivity contribution in [3.63, 3.8) is 0 Å². The topological polar surface area (TPSA) is 40.6 Å². The highest BCUT2D eigenvalue weighted by Gasteiger charge is 2.38. The highest BCUT2D eigenvalue weighted by molar-refractivity contribution is 5.81. The first kappa shape index (κ1) is 16.8. The van der Waals surface area contributed by atoms with Crippen LogP contribution in [0.5, 0.6) is 0 Å². The molecule has 0 bridgehead atoms. The molecule has 4 nitrogen and oxygen atoms in total. The van der Waals surface area contributed by atoms with Crippen LogP contribution in [0.25, 0.3) is 0 Å². The lowest BCUT2D eigenvalue weighted by Crippen LogP contribution is -2.50. The molecular formula is C19H32N2O2. The summed E-state index contributed by atoms with van der Waals surface area (Å²) in [4.78, 5) is 28.8. The standard InChI is InChI=1S/C19H32N2O2/c1-2-17(22)21-12-6-7-16(15-21)18(23)20-13-10-19(11-14-20)8-4-3-5-9-19/h16H,2-15H2,1H3/t16-/m0/s1. The zero-order valence-corrected chi connectivity index (χ0v) is 14.7. The van der Waals surface area contributed by atoms with E-state index in [1.165, 1.54) is 44.9 Å².